The molecule has 2 atom stereocenters. The maximum Gasteiger partial charge on any atom is 0.326 e. The molecule has 2 unspecified atom stereocenters. The summed E-state index contributed by atoms with van der Waals surface area (Å²) in [5.41, 5.74) is -0.732. The number of aliphatic hydroxyl groups is 1. The second kappa shape index (κ2) is 6.23. The van der Waals surface area contributed by atoms with E-state index in [0.717, 1.165) is 6.42 Å². The summed E-state index contributed by atoms with van der Waals surface area (Å²) in [6, 6.07) is -1.07. The highest BCUT2D eigenvalue weighted by Gasteiger charge is 2.31. The molecule has 6 nitrogen and oxygen atoms in total. The molecule has 0 bridgehead atoms. The lowest BCUT2D eigenvalue weighted by Gasteiger charge is -2.30. The number of likely N-dealkylation sites (tertiary alicyclic amines) is 1. The van der Waals surface area contributed by atoms with Crippen LogP contribution in [0.1, 0.15) is 39.5 Å². The zero-order chi connectivity index (χ0) is 14.6. The smallest absolute Gasteiger partial charge is 0.326 e. The molecule has 0 spiro atoms. The number of carboxylic acids is 1. The van der Waals surface area contributed by atoms with Gasteiger partial charge in [0.1, 0.15) is 6.04 Å². The van der Waals surface area contributed by atoms with Gasteiger partial charge in [-0.25, -0.2) is 9.59 Å². The summed E-state index contributed by atoms with van der Waals surface area (Å²) in [5, 5.41) is 19.1. The monoisotopic (exact) mass is 272 g/mol. The fourth-order valence-corrected chi connectivity index (χ4v) is 2.43. The Balaban J connectivity index is 2.69. The second-order valence-electron chi connectivity index (χ2n) is 5.49. The van der Waals surface area contributed by atoms with Crippen LogP contribution in [0.3, 0.4) is 0 Å². The maximum absolute atomic E-state index is 12.3. The molecule has 1 aliphatic rings. The van der Waals surface area contributed by atoms with Crippen molar-refractivity contribution in [3.05, 3.63) is 0 Å². The number of carbonyl (C=O) groups is 2. The van der Waals surface area contributed by atoms with E-state index in [4.69, 9.17) is 5.11 Å². The van der Waals surface area contributed by atoms with Crippen LogP contribution in [0, 0.1) is 0 Å². The number of hydrogen-bond donors (Lipinski definition) is 2. The van der Waals surface area contributed by atoms with Crippen molar-refractivity contribution in [3.63, 3.8) is 0 Å². The minimum absolute atomic E-state index is 0.271. The first-order valence-electron chi connectivity index (χ1n) is 6.75. The summed E-state index contributed by atoms with van der Waals surface area (Å²) >= 11 is 0. The fourth-order valence-electron chi connectivity index (χ4n) is 2.43. The summed E-state index contributed by atoms with van der Waals surface area (Å²) in [6.07, 6.45) is 2.30. The standard InChI is InChI=1S/C13H24N2O4/c1-4-10(11(16)17)14(3)12(18)15-8-5-6-13(2,19)7-9-15/h10,19H,4-9H2,1-3H3,(H,16,17). The van der Waals surface area contributed by atoms with Gasteiger partial charge < -0.3 is 20.0 Å². The SMILES string of the molecule is CCC(C(=O)O)N(C)C(=O)N1CCCC(C)(O)CC1. The molecule has 1 fully saturated rings. The predicted octanol–water partition coefficient (Wildman–Crippen LogP) is 1.14. The average Bonchev–Trinajstić information content (AvgIpc) is 2.49. The van der Waals surface area contributed by atoms with E-state index in [2.05, 4.69) is 0 Å². The number of nitrogens with zero attached hydrogens (tertiary/aromatic N) is 2. The molecular formula is C13H24N2O4. The molecule has 1 aliphatic heterocycles. The van der Waals surface area contributed by atoms with Gasteiger partial charge in [-0.15, -0.1) is 0 Å². The number of hydrogen-bond acceptors (Lipinski definition) is 3. The predicted molar refractivity (Wildman–Crippen MR) is 70.9 cm³/mol. The Kier molecular flexibility index (Phi) is 5.17. The van der Waals surface area contributed by atoms with Crippen LogP contribution in [0.5, 0.6) is 0 Å². The topological polar surface area (TPSA) is 81.1 Å². The second-order valence-corrected chi connectivity index (χ2v) is 5.49. The first-order chi connectivity index (χ1) is 8.78. The molecule has 2 amide bonds. The Morgan fingerprint density at radius 1 is 1.37 bits per heavy atom. The quantitative estimate of drug-likeness (QED) is 0.807. The van der Waals surface area contributed by atoms with Crippen molar-refractivity contribution in [2.45, 2.75) is 51.2 Å². The number of amides is 2. The van der Waals surface area contributed by atoms with E-state index in [-0.39, 0.29) is 6.03 Å². The number of aliphatic carboxylic acids is 1. The number of likely N-dealkylation sites (N-methyl/N-ethyl adjacent to an activating group) is 1. The fraction of sp³-hybridized carbons (Fsp3) is 0.846. The van der Waals surface area contributed by atoms with E-state index in [1.165, 1.54) is 11.9 Å². The Morgan fingerprint density at radius 2 is 2.00 bits per heavy atom. The lowest BCUT2D eigenvalue weighted by atomic mass is 9.98. The van der Waals surface area contributed by atoms with E-state index in [1.807, 2.05) is 0 Å². The van der Waals surface area contributed by atoms with Crippen molar-refractivity contribution in [1.82, 2.24) is 9.80 Å². The molecule has 1 rings (SSSR count). The van der Waals surface area contributed by atoms with Crippen molar-refractivity contribution >= 4 is 12.0 Å². The van der Waals surface area contributed by atoms with Crippen molar-refractivity contribution < 1.29 is 19.8 Å². The van der Waals surface area contributed by atoms with Gasteiger partial charge in [0.05, 0.1) is 5.60 Å². The molecule has 110 valence electrons. The van der Waals surface area contributed by atoms with E-state index >= 15 is 0 Å². The molecule has 1 saturated heterocycles. The van der Waals surface area contributed by atoms with Crippen LogP contribution in [-0.2, 0) is 4.79 Å². The Bertz CT molecular complexity index is 344. The molecule has 0 saturated carbocycles. The molecule has 0 aliphatic carbocycles. The van der Waals surface area contributed by atoms with Gasteiger partial charge in [0.25, 0.3) is 0 Å². The van der Waals surface area contributed by atoms with Crippen LogP contribution in [0.2, 0.25) is 0 Å². The van der Waals surface area contributed by atoms with Crippen LogP contribution in [0.4, 0.5) is 4.79 Å². The highest BCUT2D eigenvalue weighted by molar-refractivity contribution is 5.82. The minimum atomic E-state index is -0.986. The third kappa shape index (κ3) is 4.09. The third-order valence-electron chi connectivity index (χ3n) is 3.78. The average molecular weight is 272 g/mol. The Hall–Kier alpha value is -1.30. The molecule has 0 aromatic heterocycles. The van der Waals surface area contributed by atoms with Crippen molar-refractivity contribution in [3.8, 4) is 0 Å². The number of carboxylic acid groups (broad SMARTS) is 1. The zero-order valence-corrected chi connectivity index (χ0v) is 11.9. The zero-order valence-electron chi connectivity index (χ0n) is 11.9. The molecule has 1 heterocycles. The van der Waals surface area contributed by atoms with Crippen LogP contribution in [-0.4, -0.2) is 63.8 Å². The molecular weight excluding hydrogens is 248 g/mol. The molecule has 2 N–H and O–H groups in total. The molecule has 0 radical (unpaired) electrons. The first-order valence-corrected chi connectivity index (χ1v) is 6.75. The maximum atomic E-state index is 12.3. The van der Waals surface area contributed by atoms with Gasteiger partial charge in [-0.3, -0.25) is 0 Å². The van der Waals surface area contributed by atoms with Gasteiger partial charge >= 0.3 is 12.0 Å². The van der Waals surface area contributed by atoms with Crippen molar-refractivity contribution in [2.24, 2.45) is 0 Å². The van der Waals surface area contributed by atoms with E-state index in [0.29, 0.717) is 32.4 Å². The highest BCUT2D eigenvalue weighted by atomic mass is 16.4. The van der Waals surface area contributed by atoms with Crippen molar-refractivity contribution in [2.75, 3.05) is 20.1 Å². The minimum Gasteiger partial charge on any atom is -0.480 e. The summed E-state index contributed by atoms with van der Waals surface area (Å²) in [6.45, 7) is 4.55. The van der Waals surface area contributed by atoms with Crippen LogP contribution < -0.4 is 0 Å². The molecule has 19 heavy (non-hydrogen) atoms. The van der Waals surface area contributed by atoms with Gasteiger partial charge in [-0.05, 0) is 32.6 Å². The van der Waals surface area contributed by atoms with E-state index < -0.39 is 17.6 Å². The van der Waals surface area contributed by atoms with Gasteiger partial charge in [0.15, 0.2) is 0 Å². The summed E-state index contributed by atoms with van der Waals surface area (Å²) < 4.78 is 0. The summed E-state index contributed by atoms with van der Waals surface area (Å²) in [7, 11) is 1.52. The van der Waals surface area contributed by atoms with Gasteiger partial charge in [-0.1, -0.05) is 6.92 Å². The van der Waals surface area contributed by atoms with Crippen LogP contribution in [0.25, 0.3) is 0 Å². The molecule has 0 aromatic rings. The normalized spacial score (nSPS) is 25.6. The number of rotatable bonds is 3. The Labute approximate surface area is 114 Å². The van der Waals surface area contributed by atoms with Gasteiger partial charge in [-0.2, -0.15) is 0 Å². The Morgan fingerprint density at radius 3 is 2.53 bits per heavy atom. The third-order valence-corrected chi connectivity index (χ3v) is 3.78. The van der Waals surface area contributed by atoms with E-state index in [1.54, 1.807) is 18.7 Å². The van der Waals surface area contributed by atoms with Crippen molar-refractivity contribution in [1.29, 1.82) is 0 Å². The lowest BCUT2D eigenvalue weighted by molar-refractivity contribution is -0.142. The molecule has 0 aromatic carbocycles. The largest absolute Gasteiger partial charge is 0.480 e. The van der Waals surface area contributed by atoms with Gasteiger partial charge in [0, 0.05) is 20.1 Å². The van der Waals surface area contributed by atoms with Crippen LogP contribution in [0.15, 0.2) is 0 Å². The highest BCUT2D eigenvalue weighted by Crippen LogP contribution is 2.22. The van der Waals surface area contributed by atoms with Crippen LogP contribution >= 0.6 is 0 Å². The summed E-state index contributed by atoms with van der Waals surface area (Å²) in [5.74, 6) is -0.986. The number of carbonyl (C=O) groups excluding carboxylic acids is 1. The first kappa shape index (κ1) is 15.8. The lowest BCUT2D eigenvalue weighted by Crippen LogP contribution is -2.49. The molecule has 6 heteroatoms. The van der Waals surface area contributed by atoms with Gasteiger partial charge in [0.2, 0.25) is 0 Å². The van der Waals surface area contributed by atoms with E-state index in [9.17, 15) is 14.7 Å². The number of urea groups is 1. The summed E-state index contributed by atoms with van der Waals surface area (Å²) in [4.78, 5) is 26.3.